The van der Waals surface area contributed by atoms with Crippen LogP contribution < -0.4 is 11.1 Å². The summed E-state index contributed by atoms with van der Waals surface area (Å²) < 4.78 is 0. The first kappa shape index (κ1) is 15.0. The fraction of sp³-hybridized carbons (Fsp3) is 0.0667. The molecule has 21 heavy (non-hydrogen) atoms. The highest BCUT2D eigenvalue weighted by atomic mass is 35.5. The van der Waals surface area contributed by atoms with E-state index in [0.717, 1.165) is 0 Å². The molecule has 1 unspecified atom stereocenters. The second-order valence-corrected chi connectivity index (χ2v) is 4.81. The average molecular weight is 305 g/mol. The van der Waals surface area contributed by atoms with Gasteiger partial charge in [0.2, 0.25) is 5.91 Å². The Bertz CT molecular complexity index is 674. The summed E-state index contributed by atoms with van der Waals surface area (Å²) in [5.74, 6) is -1.67. The van der Waals surface area contributed by atoms with Crippen LogP contribution in [-0.2, 0) is 4.79 Å². The fourth-order valence-electron chi connectivity index (χ4n) is 1.83. The van der Waals surface area contributed by atoms with Gasteiger partial charge in [-0.2, -0.15) is 0 Å². The number of halogens is 1. The number of anilines is 1. The van der Waals surface area contributed by atoms with Crippen molar-refractivity contribution in [3.8, 4) is 0 Å². The number of carbonyl (C=O) groups excluding carboxylic acids is 1. The standard InChI is InChI=1S/C15H13ClN2O3/c16-10-6-7-11(15(20)21)12(8-10)18-14(19)13(17)9-4-2-1-3-5-9/h1-8,13H,17H2,(H,18,19)(H,20,21). The first-order valence-corrected chi connectivity index (χ1v) is 6.51. The van der Waals surface area contributed by atoms with Crippen molar-refractivity contribution in [2.45, 2.75) is 6.04 Å². The van der Waals surface area contributed by atoms with Gasteiger partial charge in [0.05, 0.1) is 11.3 Å². The minimum absolute atomic E-state index is 0.0481. The number of aromatic carboxylic acids is 1. The highest BCUT2D eigenvalue weighted by Crippen LogP contribution is 2.22. The van der Waals surface area contributed by atoms with Crippen molar-refractivity contribution in [1.82, 2.24) is 0 Å². The lowest BCUT2D eigenvalue weighted by Crippen LogP contribution is -2.28. The predicted molar refractivity (Wildman–Crippen MR) is 80.4 cm³/mol. The number of rotatable bonds is 4. The van der Waals surface area contributed by atoms with Gasteiger partial charge >= 0.3 is 5.97 Å². The molecule has 5 nitrogen and oxygen atoms in total. The van der Waals surface area contributed by atoms with Gasteiger partial charge in [-0.25, -0.2) is 4.79 Å². The van der Waals surface area contributed by atoms with Gasteiger partial charge in [0, 0.05) is 5.02 Å². The van der Waals surface area contributed by atoms with Crippen molar-refractivity contribution in [2.75, 3.05) is 5.32 Å². The van der Waals surface area contributed by atoms with Gasteiger partial charge in [-0.15, -0.1) is 0 Å². The van der Waals surface area contributed by atoms with Crippen LogP contribution in [0, 0.1) is 0 Å². The number of carbonyl (C=O) groups is 2. The molecule has 1 atom stereocenters. The van der Waals surface area contributed by atoms with Crippen LogP contribution in [0.5, 0.6) is 0 Å². The zero-order valence-corrected chi connectivity index (χ0v) is 11.7. The second kappa shape index (κ2) is 6.39. The Kier molecular flexibility index (Phi) is 4.57. The Balaban J connectivity index is 2.24. The molecular formula is C15H13ClN2O3. The smallest absolute Gasteiger partial charge is 0.337 e. The van der Waals surface area contributed by atoms with E-state index in [1.54, 1.807) is 24.3 Å². The highest BCUT2D eigenvalue weighted by Gasteiger charge is 2.18. The molecule has 0 aromatic heterocycles. The first-order valence-electron chi connectivity index (χ1n) is 6.13. The van der Waals surface area contributed by atoms with Crippen molar-refractivity contribution < 1.29 is 14.7 Å². The van der Waals surface area contributed by atoms with Gasteiger partial charge in [0.15, 0.2) is 0 Å². The lowest BCUT2D eigenvalue weighted by molar-refractivity contribution is -0.117. The number of nitrogens with two attached hydrogens (primary N) is 1. The number of carboxylic acid groups (broad SMARTS) is 1. The number of hydrogen-bond acceptors (Lipinski definition) is 3. The molecule has 0 aliphatic rings. The fourth-order valence-corrected chi connectivity index (χ4v) is 2.00. The quantitative estimate of drug-likeness (QED) is 0.809. The third-order valence-corrected chi connectivity index (χ3v) is 3.15. The molecule has 0 aliphatic heterocycles. The van der Waals surface area contributed by atoms with Gasteiger partial charge in [-0.3, -0.25) is 4.79 Å². The minimum atomic E-state index is -1.16. The zero-order valence-electron chi connectivity index (χ0n) is 10.9. The normalized spacial score (nSPS) is 11.7. The molecule has 2 rings (SSSR count). The summed E-state index contributed by atoms with van der Waals surface area (Å²) in [4.78, 5) is 23.3. The van der Waals surface area contributed by atoms with Crippen LogP contribution in [0.2, 0.25) is 5.02 Å². The molecule has 0 spiro atoms. The van der Waals surface area contributed by atoms with E-state index < -0.39 is 17.9 Å². The molecule has 0 fully saturated rings. The minimum Gasteiger partial charge on any atom is -0.478 e. The summed E-state index contributed by atoms with van der Waals surface area (Å²) in [5, 5.41) is 11.9. The Morgan fingerprint density at radius 1 is 1.14 bits per heavy atom. The van der Waals surface area contributed by atoms with Crippen molar-refractivity contribution in [2.24, 2.45) is 5.73 Å². The molecule has 0 saturated heterocycles. The van der Waals surface area contributed by atoms with Gasteiger partial charge in [0.25, 0.3) is 0 Å². The zero-order chi connectivity index (χ0) is 15.4. The van der Waals surface area contributed by atoms with Gasteiger partial charge in [0.1, 0.15) is 6.04 Å². The molecule has 0 radical (unpaired) electrons. The molecular weight excluding hydrogens is 292 g/mol. The number of benzene rings is 2. The molecule has 108 valence electrons. The largest absolute Gasteiger partial charge is 0.478 e. The summed E-state index contributed by atoms with van der Waals surface area (Å²) in [6, 6.07) is 12.0. The number of carboxylic acids is 1. The van der Waals surface area contributed by atoms with E-state index >= 15 is 0 Å². The molecule has 6 heteroatoms. The molecule has 0 heterocycles. The van der Waals surface area contributed by atoms with Crippen LogP contribution >= 0.6 is 11.6 Å². The molecule has 0 aliphatic carbocycles. The molecule has 2 aromatic carbocycles. The molecule has 1 amide bonds. The average Bonchev–Trinajstić information content (AvgIpc) is 2.47. The predicted octanol–water partition coefficient (Wildman–Crippen LogP) is 2.68. The summed E-state index contributed by atoms with van der Waals surface area (Å²) in [5.41, 5.74) is 6.56. The van der Waals surface area contributed by atoms with Gasteiger partial charge in [-0.1, -0.05) is 41.9 Å². The van der Waals surface area contributed by atoms with Gasteiger partial charge in [-0.05, 0) is 23.8 Å². The van der Waals surface area contributed by atoms with Crippen molar-refractivity contribution in [1.29, 1.82) is 0 Å². The van der Waals surface area contributed by atoms with Crippen molar-refractivity contribution >= 4 is 29.2 Å². The van der Waals surface area contributed by atoms with E-state index in [4.69, 9.17) is 22.4 Å². The molecule has 0 bridgehead atoms. The van der Waals surface area contributed by atoms with Crippen LogP contribution in [0.3, 0.4) is 0 Å². The van der Waals surface area contributed by atoms with Gasteiger partial charge < -0.3 is 16.2 Å². The Morgan fingerprint density at radius 2 is 1.81 bits per heavy atom. The highest BCUT2D eigenvalue weighted by molar-refractivity contribution is 6.31. The maximum Gasteiger partial charge on any atom is 0.337 e. The van der Waals surface area contributed by atoms with Crippen LogP contribution in [0.1, 0.15) is 22.0 Å². The summed E-state index contributed by atoms with van der Waals surface area (Å²) in [7, 11) is 0. The molecule has 0 saturated carbocycles. The van der Waals surface area contributed by atoms with E-state index in [0.29, 0.717) is 10.6 Å². The third-order valence-electron chi connectivity index (χ3n) is 2.91. The maximum atomic E-state index is 12.1. The monoisotopic (exact) mass is 304 g/mol. The second-order valence-electron chi connectivity index (χ2n) is 4.37. The molecule has 4 N–H and O–H groups in total. The van der Waals surface area contributed by atoms with Crippen LogP contribution in [-0.4, -0.2) is 17.0 Å². The van der Waals surface area contributed by atoms with Crippen LogP contribution in [0.25, 0.3) is 0 Å². The number of nitrogens with one attached hydrogen (secondary N) is 1. The van der Waals surface area contributed by atoms with Crippen molar-refractivity contribution in [3.63, 3.8) is 0 Å². The lowest BCUT2D eigenvalue weighted by atomic mass is 10.1. The Morgan fingerprint density at radius 3 is 2.43 bits per heavy atom. The van der Waals surface area contributed by atoms with E-state index in [-0.39, 0.29) is 11.3 Å². The number of hydrogen-bond donors (Lipinski definition) is 3. The maximum absolute atomic E-state index is 12.1. The summed E-state index contributed by atoms with van der Waals surface area (Å²) >= 11 is 5.83. The Hall–Kier alpha value is -2.37. The SMILES string of the molecule is NC(C(=O)Nc1cc(Cl)ccc1C(=O)O)c1ccccc1. The third kappa shape index (κ3) is 3.59. The van der Waals surface area contributed by atoms with E-state index in [9.17, 15) is 9.59 Å². The topological polar surface area (TPSA) is 92.4 Å². The van der Waals surface area contributed by atoms with E-state index in [1.165, 1.54) is 18.2 Å². The van der Waals surface area contributed by atoms with Crippen LogP contribution in [0.4, 0.5) is 5.69 Å². The summed E-state index contributed by atoms with van der Waals surface area (Å²) in [6.07, 6.45) is 0. The lowest BCUT2D eigenvalue weighted by Gasteiger charge is -2.14. The molecule has 2 aromatic rings. The van der Waals surface area contributed by atoms with E-state index in [1.807, 2.05) is 6.07 Å². The Labute approximate surface area is 126 Å². The van der Waals surface area contributed by atoms with Crippen molar-refractivity contribution in [3.05, 3.63) is 64.7 Å². The first-order chi connectivity index (χ1) is 9.99. The van der Waals surface area contributed by atoms with E-state index in [2.05, 4.69) is 5.32 Å². The number of amides is 1. The summed E-state index contributed by atoms with van der Waals surface area (Å²) in [6.45, 7) is 0. The van der Waals surface area contributed by atoms with Crippen LogP contribution in [0.15, 0.2) is 48.5 Å².